The van der Waals surface area contributed by atoms with E-state index in [1.165, 1.54) is 5.56 Å². The molecule has 0 amide bonds. The van der Waals surface area contributed by atoms with E-state index >= 15 is 0 Å². The summed E-state index contributed by atoms with van der Waals surface area (Å²) in [6, 6.07) is 8.27. The summed E-state index contributed by atoms with van der Waals surface area (Å²) in [5.41, 5.74) is 2.33. The van der Waals surface area contributed by atoms with Crippen LogP contribution in [0.25, 0.3) is 11.4 Å². The SMILES string of the molecule is Cn1ccnc1-c1ccc(CCON)cc1. The topological polar surface area (TPSA) is 53.1 Å². The largest absolute Gasteiger partial charge is 0.334 e. The molecule has 0 aliphatic carbocycles. The van der Waals surface area contributed by atoms with E-state index in [4.69, 9.17) is 5.90 Å². The quantitative estimate of drug-likeness (QED) is 0.790. The van der Waals surface area contributed by atoms with Crippen molar-refractivity contribution >= 4 is 0 Å². The highest BCUT2D eigenvalue weighted by molar-refractivity contribution is 5.55. The Labute approximate surface area is 94.6 Å². The molecule has 0 saturated carbocycles. The van der Waals surface area contributed by atoms with E-state index < -0.39 is 0 Å². The van der Waals surface area contributed by atoms with Crippen LogP contribution >= 0.6 is 0 Å². The van der Waals surface area contributed by atoms with Gasteiger partial charge >= 0.3 is 0 Å². The molecule has 0 radical (unpaired) electrons. The first-order valence-corrected chi connectivity index (χ1v) is 5.19. The molecule has 0 unspecified atom stereocenters. The van der Waals surface area contributed by atoms with Gasteiger partial charge < -0.3 is 9.40 Å². The van der Waals surface area contributed by atoms with Crippen LogP contribution in [0.1, 0.15) is 5.56 Å². The zero-order valence-electron chi connectivity index (χ0n) is 9.26. The third-order valence-electron chi connectivity index (χ3n) is 2.54. The summed E-state index contributed by atoms with van der Waals surface area (Å²) in [6.45, 7) is 0.543. The monoisotopic (exact) mass is 217 g/mol. The number of aromatic nitrogens is 2. The molecule has 2 aromatic rings. The second kappa shape index (κ2) is 4.92. The maximum absolute atomic E-state index is 4.99. The fourth-order valence-corrected chi connectivity index (χ4v) is 1.64. The van der Waals surface area contributed by atoms with Gasteiger partial charge in [0.15, 0.2) is 0 Å². The van der Waals surface area contributed by atoms with Crippen molar-refractivity contribution in [3.05, 3.63) is 42.2 Å². The van der Waals surface area contributed by atoms with Gasteiger partial charge in [0.25, 0.3) is 0 Å². The Morgan fingerprint density at radius 3 is 2.62 bits per heavy atom. The number of hydrogen-bond acceptors (Lipinski definition) is 3. The molecule has 0 aliphatic rings. The number of benzene rings is 1. The van der Waals surface area contributed by atoms with Crippen LogP contribution in [-0.4, -0.2) is 16.2 Å². The molecule has 4 nitrogen and oxygen atoms in total. The van der Waals surface area contributed by atoms with E-state index in [2.05, 4.69) is 34.1 Å². The van der Waals surface area contributed by atoms with Crippen molar-refractivity contribution in [1.29, 1.82) is 0 Å². The van der Waals surface area contributed by atoms with Gasteiger partial charge in [-0.2, -0.15) is 0 Å². The average Bonchev–Trinajstić information content (AvgIpc) is 2.74. The fourth-order valence-electron chi connectivity index (χ4n) is 1.64. The van der Waals surface area contributed by atoms with Gasteiger partial charge in [-0.1, -0.05) is 24.3 Å². The van der Waals surface area contributed by atoms with Crippen molar-refractivity contribution < 1.29 is 4.84 Å². The highest BCUT2D eigenvalue weighted by atomic mass is 16.6. The maximum Gasteiger partial charge on any atom is 0.139 e. The molecular weight excluding hydrogens is 202 g/mol. The number of nitrogens with two attached hydrogens (primary N) is 1. The molecule has 0 atom stereocenters. The molecule has 0 bridgehead atoms. The highest BCUT2D eigenvalue weighted by Gasteiger charge is 2.02. The lowest BCUT2D eigenvalue weighted by molar-refractivity contribution is 0.141. The van der Waals surface area contributed by atoms with Crippen LogP contribution in [0, 0.1) is 0 Å². The predicted octanol–water partition coefficient (Wildman–Crippen LogP) is 1.52. The highest BCUT2D eigenvalue weighted by Crippen LogP contribution is 2.17. The zero-order valence-corrected chi connectivity index (χ0v) is 9.26. The van der Waals surface area contributed by atoms with E-state index in [-0.39, 0.29) is 0 Å². The minimum Gasteiger partial charge on any atom is -0.334 e. The zero-order chi connectivity index (χ0) is 11.4. The standard InChI is InChI=1S/C12H15N3O/c1-15-8-7-14-12(15)11-4-2-10(3-5-11)6-9-16-13/h2-5,7-8H,6,9,13H2,1H3. The number of rotatable bonds is 4. The van der Waals surface area contributed by atoms with Gasteiger partial charge in [0.1, 0.15) is 5.82 Å². The van der Waals surface area contributed by atoms with E-state index in [9.17, 15) is 0 Å². The maximum atomic E-state index is 4.99. The van der Waals surface area contributed by atoms with Gasteiger partial charge in [-0.05, 0) is 12.0 Å². The molecule has 16 heavy (non-hydrogen) atoms. The van der Waals surface area contributed by atoms with E-state index in [0.717, 1.165) is 17.8 Å². The Kier molecular flexibility index (Phi) is 3.34. The average molecular weight is 217 g/mol. The van der Waals surface area contributed by atoms with Crippen LogP contribution in [0.3, 0.4) is 0 Å². The second-order valence-corrected chi connectivity index (χ2v) is 3.68. The molecule has 4 heteroatoms. The Hall–Kier alpha value is -1.65. The Balaban J connectivity index is 2.16. The predicted molar refractivity (Wildman–Crippen MR) is 62.5 cm³/mol. The van der Waals surface area contributed by atoms with Gasteiger partial charge in [-0.3, -0.25) is 0 Å². The number of nitrogens with zero attached hydrogens (tertiary/aromatic N) is 2. The van der Waals surface area contributed by atoms with Crippen molar-refractivity contribution in [2.75, 3.05) is 6.61 Å². The fraction of sp³-hybridized carbons (Fsp3) is 0.250. The Morgan fingerprint density at radius 2 is 2.06 bits per heavy atom. The van der Waals surface area contributed by atoms with Gasteiger partial charge in [0.05, 0.1) is 6.61 Å². The van der Waals surface area contributed by atoms with Crippen LogP contribution in [0.5, 0.6) is 0 Å². The summed E-state index contributed by atoms with van der Waals surface area (Å²) in [6.07, 6.45) is 4.56. The minimum atomic E-state index is 0.543. The molecular formula is C12H15N3O. The number of aryl methyl sites for hydroxylation is 1. The van der Waals surface area contributed by atoms with E-state index in [1.807, 2.05) is 17.8 Å². The molecule has 2 N–H and O–H groups in total. The Bertz CT molecular complexity index is 448. The van der Waals surface area contributed by atoms with Crippen LogP contribution in [-0.2, 0) is 18.3 Å². The van der Waals surface area contributed by atoms with Crippen LogP contribution in [0.2, 0.25) is 0 Å². The molecule has 0 saturated heterocycles. The molecule has 1 aromatic heterocycles. The lowest BCUT2D eigenvalue weighted by Crippen LogP contribution is -2.03. The molecule has 0 spiro atoms. The first kappa shape index (κ1) is 10.9. The van der Waals surface area contributed by atoms with Crippen LogP contribution in [0.15, 0.2) is 36.7 Å². The molecule has 0 aliphatic heterocycles. The normalized spacial score (nSPS) is 10.6. The van der Waals surface area contributed by atoms with Crippen molar-refractivity contribution in [2.45, 2.75) is 6.42 Å². The minimum absolute atomic E-state index is 0.543. The first-order chi connectivity index (χ1) is 7.81. The second-order valence-electron chi connectivity index (χ2n) is 3.68. The molecule has 2 rings (SSSR count). The molecule has 0 fully saturated rings. The summed E-state index contributed by atoms with van der Waals surface area (Å²) >= 11 is 0. The van der Waals surface area contributed by atoms with Gasteiger partial charge in [0.2, 0.25) is 0 Å². The lowest BCUT2D eigenvalue weighted by Gasteiger charge is -2.04. The Morgan fingerprint density at radius 1 is 1.31 bits per heavy atom. The van der Waals surface area contributed by atoms with Crippen molar-refractivity contribution in [3.63, 3.8) is 0 Å². The van der Waals surface area contributed by atoms with E-state index in [0.29, 0.717) is 6.61 Å². The van der Waals surface area contributed by atoms with Gasteiger partial charge in [0, 0.05) is 25.0 Å². The molecule has 84 valence electrons. The number of imidazole rings is 1. The molecule has 1 heterocycles. The third kappa shape index (κ3) is 2.29. The number of hydrogen-bond donors (Lipinski definition) is 1. The van der Waals surface area contributed by atoms with E-state index in [1.54, 1.807) is 6.20 Å². The third-order valence-corrected chi connectivity index (χ3v) is 2.54. The van der Waals surface area contributed by atoms with Crippen molar-refractivity contribution in [3.8, 4) is 11.4 Å². The van der Waals surface area contributed by atoms with Crippen molar-refractivity contribution in [1.82, 2.24) is 9.55 Å². The summed E-state index contributed by atoms with van der Waals surface area (Å²) in [4.78, 5) is 8.85. The van der Waals surface area contributed by atoms with Crippen molar-refractivity contribution in [2.24, 2.45) is 12.9 Å². The smallest absolute Gasteiger partial charge is 0.139 e. The first-order valence-electron chi connectivity index (χ1n) is 5.19. The van der Waals surface area contributed by atoms with Gasteiger partial charge in [-0.25, -0.2) is 10.9 Å². The molecule has 1 aromatic carbocycles. The van der Waals surface area contributed by atoms with Gasteiger partial charge in [-0.15, -0.1) is 0 Å². The van der Waals surface area contributed by atoms with Crippen LogP contribution < -0.4 is 5.90 Å². The summed E-state index contributed by atoms with van der Waals surface area (Å²) in [5.74, 6) is 5.96. The summed E-state index contributed by atoms with van der Waals surface area (Å²) < 4.78 is 2.00. The van der Waals surface area contributed by atoms with Crippen LogP contribution in [0.4, 0.5) is 0 Å². The summed E-state index contributed by atoms with van der Waals surface area (Å²) in [7, 11) is 1.98. The lowest BCUT2D eigenvalue weighted by atomic mass is 10.1. The summed E-state index contributed by atoms with van der Waals surface area (Å²) in [5, 5.41) is 0.